The Bertz CT molecular complexity index is 533. The van der Waals surface area contributed by atoms with Crippen LogP contribution in [0, 0.1) is 11.8 Å². The first-order chi connectivity index (χ1) is 10.2. The van der Waals surface area contributed by atoms with E-state index in [-0.39, 0.29) is 19.1 Å². The van der Waals surface area contributed by atoms with Crippen LogP contribution in [0.5, 0.6) is 0 Å². The van der Waals surface area contributed by atoms with Gasteiger partial charge in [-0.3, -0.25) is 9.69 Å². The van der Waals surface area contributed by atoms with E-state index in [0.29, 0.717) is 18.7 Å². The summed E-state index contributed by atoms with van der Waals surface area (Å²) < 4.78 is 0. The molecule has 0 unspecified atom stereocenters. The first-order valence-corrected chi connectivity index (χ1v) is 7.93. The fourth-order valence-electron chi connectivity index (χ4n) is 2.36. The maximum Gasteiger partial charge on any atom is 0.254 e. The van der Waals surface area contributed by atoms with Crippen molar-refractivity contribution >= 4 is 17.2 Å². The van der Waals surface area contributed by atoms with Gasteiger partial charge in [0, 0.05) is 31.6 Å². The third-order valence-electron chi connectivity index (χ3n) is 3.43. The van der Waals surface area contributed by atoms with E-state index in [1.165, 1.54) is 11.3 Å². The molecule has 0 aliphatic carbocycles. The molecule has 6 heteroatoms. The maximum atomic E-state index is 12.5. The summed E-state index contributed by atoms with van der Waals surface area (Å²) in [6.45, 7) is 3.80. The maximum absolute atomic E-state index is 12.5. The smallest absolute Gasteiger partial charge is 0.254 e. The highest BCUT2D eigenvalue weighted by molar-refractivity contribution is 7.10. The van der Waals surface area contributed by atoms with Crippen molar-refractivity contribution in [2.75, 3.05) is 45.9 Å². The summed E-state index contributed by atoms with van der Waals surface area (Å²) >= 11 is 1.42. The van der Waals surface area contributed by atoms with Crippen LogP contribution in [0.4, 0.5) is 0 Å². The summed E-state index contributed by atoms with van der Waals surface area (Å²) in [6.07, 6.45) is 0.924. The average Bonchev–Trinajstić information content (AvgIpc) is 2.84. The van der Waals surface area contributed by atoms with E-state index in [2.05, 4.69) is 16.7 Å². The second-order valence-corrected chi connectivity index (χ2v) is 5.78. The number of aliphatic hydroxyl groups is 2. The molecule has 0 spiro atoms. The molecule has 1 aromatic rings. The zero-order chi connectivity index (χ0) is 15.1. The standard InChI is InChI=1S/C15H20N2O3S/c18-9-1-3-14-11-13(12-21-14)15(20)17-5-2-4-16(6-7-17)8-10-19/h11-12,18-19H,2,4-10H2. The Hall–Kier alpha value is -1.39. The van der Waals surface area contributed by atoms with Crippen molar-refractivity contribution in [3.05, 3.63) is 21.9 Å². The fourth-order valence-corrected chi connectivity index (χ4v) is 3.11. The molecule has 2 N–H and O–H groups in total. The number of β-amino-alcohol motifs (C(OH)–C–C–N with tert-alkyl or cyclic N) is 1. The topological polar surface area (TPSA) is 64.0 Å². The monoisotopic (exact) mass is 308 g/mol. The molecule has 0 bridgehead atoms. The summed E-state index contributed by atoms with van der Waals surface area (Å²) in [6, 6.07) is 1.78. The van der Waals surface area contributed by atoms with E-state index in [4.69, 9.17) is 10.2 Å². The molecule has 0 aromatic carbocycles. The van der Waals surface area contributed by atoms with Crippen LogP contribution in [0.15, 0.2) is 11.4 Å². The second kappa shape index (κ2) is 8.15. The lowest BCUT2D eigenvalue weighted by Gasteiger charge is -2.21. The molecule has 114 valence electrons. The Labute approximate surface area is 128 Å². The molecule has 2 heterocycles. The summed E-state index contributed by atoms with van der Waals surface area (Å²) in [4.78, 5) is 17.3. The Morgan fingerprint density at radius 2 is 2.14 bits per heavy atom. The number of amides is 1. The molecular weight excluding hydrogens is 288 g/mol. The number of aliphatic hydroxyl groups excluding tert-OH is 2. The number of thiophene rings is 1. The fraction of sp³-hybridized carbons (Fsp3) is 0.533. The lowest BCUT2D eigenvalue weighted by Crippen LogP contribution is -2.35. The van der Waals surface area contributed by atoms with Crippen LogP contribution >= 0.6 is 11.3 Å². The first-order valence-electron chi connectivity index (χ1n) is 7.05. The molecule has 0 saturated carbocycles. The quantitative estimate of drug-likeness (QED) is 0.785. The van der Waals surface area contributed by atoms with Crippen molar-refractivity contribution in [1.29, 1.82) is 0 Å². The minimum Gasteiger partial charge on any atom is -0.395 e. The van der Waals surface area contributed by atoms with Crippen molar-refractivity contribution in [3.8, 4) is 11.8 Å². The first kappa shape index (κ1) is 16.0. The molecule has 1 saturated heterocycles. The molecule has 21 heavy (non-hydrogen) atoms. The predicted octanol–water partition coefficient (Wildman–Crippen LogP) is 0.232. The van der Waals surface area contributed by atoms with Gasteiger partial charge >= 0.3 is 0 Å². The van der Waals surface area contributed by atoms with Crippen LogP contribution in [0.2, 0.25) is 0 Å². The molecular formula is C15H20N2O3S. The van der Waals surface area contributed by atoms with Gasteiger partial charge in [-0.15, -0.1) is 11.3 Å². The highest BCUT2D eigenvalue weighted by atomic mass is 32.1. The zero-order valence-corrected chi connectivity index (χ0v) is 12.7. The van der Waals surface area contributed by atoms with Crippen molar-refractivity contribution in [2.45, 2.75) is 6.42 Å². The van der Waals surface area contributed by atoms with Gasteiger partial charge in [-0.05, 0) is 19.0 Å². The van der Waals surface area contributed by atoms with Crippen molar-refractivity contribution < 1.29 is 15.0 Å². The molecule has 1 amide bonds. The van der Waals surface area contributed by atoms with E-state index in [0.717, 1.165) is 30.9 Å². The lowest BCUT2D eigenvalue weighted by atomic mass is 10.2. The number of carbonyl (C=O) groups excluding carboxylic acids is 1. The van der Waals surface area contributed by atoms with Gasteiger partial charge in [0.1, 0.15) is 6.61 Å². The predicted molar refractivity (Wildman–Crippen MR) is 82.3 cm³/mol. The van der Waals surface area contributed by atoms with Gasteiger partial charge in [0.25, 0.3) is 5.91 Å². The molecule has 5 nitrogen and oxygen atoms in total. The van der Waals surface area contributed by atoms with Crippen LogP contribution in [0.3, 0.4) is 0 Å². The van der Waals surface area contributed by atoms with Gasteiger partial charge in [0.15, 0.2) is 0 Å². The average molecular weight is 308 g/mol. The molecule has 2 rings (SSSR count). The van der Waals surface area contributed by atoms with Crippen LogP contribution < -0.4 is 0 Å². The van der Waals surface area contributed by atoms with Gasteiger partial charge in [-0.2, -0.15) is 0 Å². The summed E-state index contributed by atoms with van der Waals surface area (Å²) in [5.41, 5.74) is 0.665. The van der Waals surface area contributed by atoms with Crippen molar-refractivity contribution in [3.63, 3.8) is 0 Å². The summed E-state index contributed by atoms with van der Waals surface area (Å²) in [5, 5.41) is 19.5. The highest BCUT2D eigenvalue weighted by Crippen LogP contribution is 2.16. The van der Waals surface area contributed by atoms with Crippen LogP contribution in [0.1, 0.15) is 21.7 Å². The van der Waals surface area contributed by atoms with Crippen LogP contribution in [-0.4, -0.2) is 71.9 Å². The Kier molecular flexibility index (Phi) is 6.21. The lowest BCUT2D eigenvalue weighted by molar-refractivity contribution is 0.0761. The molecule has 1 aromatic heterocycles. The number of hydrogen-bond acceptors (Lipinski definition) is 5. The van der Waals surface area contributed by atoms with E-state index in [1.807, 2.05) is 10.3 Å². The van der Waals surface area contributed by atoms with E-state index >= 15 is 0 Å². The summed E-state index contributed by atoms with van der Waals surface area (Å²) in [5.74, 6) is 5.44. The summed E-state index contributed by atoms with van der Waals surface area (Å²) in [7, 11) is 0. The molecule has 0 radical (unpaired) electrons. The third-order valence-corrected chi connectivity index (χ3v) is 4.27. The van der Waals surface area contributed by atoms with Crippen molar-refractivity contribution in [1.82, 2.24) is 9.80 Å². The largest absolute Gasteiger partial charge is 0.395 e. The van der Waals surface area contributed by atoms with Crippen molar-refractivity contribution in [2.24, 2.45) is 0 Å². The minimum absolute atomic E-state index is 0.0362. The minimum atomic E-state index is -0.173. The molecule has 0 atom stereocenters. The number of carbonyl (C=O) groups is 1. The van der Waals surface area contributed by atoms with Crippen LogP contribution in [-0.2, 0) is 0 Å². The third kappa shape index (κ3) is 4.55. The zero-order valence-electron chi connectivity index (χ0n) is 11.9. The van der Waals surface area contributed by atoms with Gasteiger partial charge in [0.2, 0.25) is 0 Å². The van der Waals surface area contributed by atoms with Gasteiger partial charge in [-0.25, -0.2) is 0 Å². The number of nitrogens with zero attached hydrogens (tertiary/aromatic N) is 2. The Balaban J connectivity index is 1.97. The van der Waals surface area contributed by atoms with Gasteiger partial charge in [-0.1, -0.05) is 11.8 Å². The number of hydrogen-bond donors (Lipinski definition) is 2. The van der Waals surface area contributed by atoms with E-state index in [9.17, 15) is 4.79 Å². The highest BCUT2D eigenvalue weighted by Gasteiger charge is 2.20. The number of rotatable bonds is 3. The van der Waals surface area contributed by atoms with E-state index < -0.39 is 0 Å². The van der Waals surface area contributed by atoms with Gasteiger partial charge in [0.05, 0.1) is 17.0 Å². The Morgan fingerprint density at radius 1 is 1.29 bits per heavy atom. The van der Waals surface area contributed by atoms with E-state index in [1.54, 1.807) is 6.07 Å². The molecule has 1 aliphatic rings. The molecule has 1 aliphatic heterocycles. The van der Waals surface area contributed by atoms with Gasteiger partial charge < -0.3 is 15.1 Å². The normalized spacial score (nSPS) is 16.2. The van der Waals surface area contributed by atoms with Crippen LogP contribution in [0.25, 0.3) is 0 Å². The molecule has 1 fully saturated rings. The Morgan fingerprint density at radius 3 is 2.90 bits per heavy atom. The SMILES string of the molecule is O=C(c1csc(C#CCO)c1)N1CCCN(CCO)CC1. The second-order valence-electron chi connectivity index (χ2n) is 4.87.